The van der Waals surface area contributed by atoms with Gasteiger partial charge < -0.3 is 10.6 Å². The molecule has 1 aromatic carbocycles. The van der Waals surface area contributed by atoms with Crippen LogP contribution in [0.1, 0.15) is 24.4 Å². The number of anilines is 1. The van der Waals surface area contributed by atoms with E-state index in [1.807, 2.05) is 0 Å². The fourth-order valence-electron chi connectivity index (χ4n) is 2.06. The number of hydrogen-bond donors (Lipinski definition) is 1. The molecular weight excluding hydrogens is 265 g/mol. The molecule has 0 bridgehead atoms. The molecule has 0 spiro atoms. The van der Waals surface area contributed by atoms with Crippen LogP contribution in [0.15, 0.2) is 24.3 Å². The molecule has 0 radical (unpaired) electrons. The number of halogens is 4. The van der Waals surface area contributed by atoms with Crippen molar-refractivity contribution in [2.45, 2.75) is 25.1 Å². The van der Waals surface area contributed by atoms with Gasteiger partial charge in [0.05, 0.1) is 0 Å². The quantitative estimate of drug-likeness (QED) is 0.901. The molecule has 0 unspecified atom stereocenters. The van der Waals surface area contributed by atoms with Crippen LogP contribution in [0, 0.1) is 0 Å². The van der Waals surface area contributed by atoms with E-state index in [9.17, 15) is 13.2 Å². The Bertz CT molecular complexity index is 372. The smallest absolute Gasteiger partial charge is 0.372 e. The highest BCUT2D eigenvalue weighted by Crippen LogP contribution is 2.31. The Morgan fingerprint density at radius 3 is 2.00 bits per heavy atom. The molecule has 1 atom stereocenters. The zero-order valence-corrected chi connectivity index (χ0v) is 10.6. The molecule has 2 N–H and O–H groups in total. The first-order chi connectivity index (χ1) is 7.98. The molecule has 1 aromatic rings. The fourth-order valence-corrected chi connectivity index (χ4v) is 2.06. The third kappa shape index (κ3) is 3.29. The maximum absolute atomic E-state index is 12.4. The van der Waals surface area contributed by atoms with Gasteiger partial charge in [0.15, 0.2) is 0 Å². The Balaban J connectivity index is 0.00000162. The summed E-state index contributed by atoms with van der Waals surface area (Å²) in [5.41, 5.74) is 6.22. The molecule has 102 valence electrons. The van der Waals surface area contributed by atoms with Crippen LogP contribution in [0.4, 0.5) is 18.9 Å². The Hall–Kier alpha value is -0.940. The van der Waals surface area contributed by atoms with E-state index in [0.29, 0.717) is 0 Å². The second-order valence-corrected chi connectivity index (χ2v) is 4.30. The molecule has 1 aliphatic rings. The van der Waals surface area contributed by atoms with E-state index in [1.54, 1.807) is 12.1 Å². The van der Waals surface area contributed by atoms with Gasteiger partial charge >= 0.3 is 6.18 Å². The van der Waals surface area contributed by atoms with E-state index in [0.717, 1.165) is 31.6 Å². The van der Waals surface area contributed by atoms with Crippen molar-refractivity contribution in [3.63, 3.8) is 0 Å². The van der Waals surface area contributed by atoms with Crippen LogP contribution in [0.25, 0.3) is 0 Å². The van der Waals surface area contributed by atoms with Gasteiger partial charge in [-0.25, -0.2) is 0 Å². The summed E-state index contributed by atoms with van der Waals surface area (Å²) in [6, 6.07) is 4.46. The maximum Gasteiger partial charge on any atom is 0.407 e. The van der Waals surface area contributed by atoms with Crippen molar-refractivity contribution in [2.75, 3.05) is 18.0 Å². The van der Waals surface area contributed by atoms with Crippen molar-refractivity contribution < 1.29 is 13.2 Å². The van der Waals surface area contributed by atoms with E-state index >= 15 is 0 Å². The van der Waals surface area contributed by atoms with Crippen LogP contribution in [0.2, 0.25) is 0 Å². The average molecular weight is 281 g/mol. The standard InChI is InChI=1S/C12H15F3N2.ClH/c13-12(14,15)11(16)9-3-5-10(6-4-9)17-7-1-2-8-17;/h3-6,11H,1-2,7-8,16H2;1H/t11-;/m1./s1. The molecule has 1 saturated heterocycles. The van der Waals surface area contributed by atoms with E-state index in [4.69, 9.17) is 5.73 Å². The molecule has 0 amide bonds. The van der Waals surface area contributed by atoms with Crippen LogP contribution in [-0.2, 0) is 0 Å². The third-order valence-corrected chi connectivity index (χ3v) is 3.08. The molecule has 18 heavy (non-hydrogen) atoms. The molecule has 0 aromatic heterocycles. The molecule has 0 saturated carbocycles. The molecule has 0 aliphatic carbocycles. The van der Waals surface area contributed by atoms with Crippen molar-refractivity contribution in [3.05, 3.63) is 29.8 Å². The first-order valence-corrected chi connectivity index (χ1v) is 5.66. The lowest BCUT2D eigenvalue weighted by Gasteiger charge is -2.20. The predicted molar refractivity (Wildman–Crippen MR) is 68.1 cm³/mol. The molecule has 1 fully saturated rings. The summed E-state index contributed by atoms with van der Waals surface area (Å²) in [7, 11) is 0. The lowest BCUT2D eigenvalue weighted by Crippen LogP contribution is -2.28. The summed E-state index contributed by atoms with van der Waals surface area (Å²) < 4.78 is 37.2. The number of alkyl halides is 3. The van der Waals surface area contributed by atoms with Gasteiger partial charge in [-0.05, 0) is 30.5 Å². The molecule has 6 heteroatoms. The number of rotatable bonds is 2. The minimum absolute atomic E-state index is 0. The van der Waals surface area contributed by atoms with Crippen molar-refractivity contribution in [3.8, 4) is 0 Å². The Morgan fingerprint density at radius 1 is 1.06 bits per heavy atom. The number of hydrogen-bond acceptors (Lipinski definition) is 2. The second kappa shape index (κ2) is 5.80. The highest BCUT2D eigenvalue weighted by molar-refractivity contribution is 5.85. The Morgan fingerprint density at radius 2 is 1.56 bits per heavy atom. The number of benzene rings is 1. The van der Waals surface area contributed by atoms with E-state index in [-0.39, 0.29) is 18.0 Å². The molecule has 1 aliphatic heterocycles. The Labute approximate surface area is 110 Å². The van der Waals surface area contributed by atoms with Gasteiger partial charge in [0.1, 0.15) is 6.04 Å². The van der Waals surface area contributed by atoms with Crippen molar-refractivity contribution in [2.24, 2.45) is 5.73 Å². The fraction of sp³-hybridized carbons (Fsp3) is 0.500. The van der Waals surface area contributed by atoms with Gasteiger partial charge in [-0.2, -0.15) is 13.2 Å². The van der Waals surface area contributed by atoms with Crippen LogP contribution in [-0.4, -0.2) is 19.3 Å². The van der Waals surface area contributed by atoms with Crippen LogP contribution in [0.3, 0.4) is 0 Å². The average Bonchev–Trinajstić information content (AvgIpc) is 2.80. The number of nitrogens with two attached hydrogens (primary N) is 1. The summed E-state index contributed by atoms with van der Waals surface area (Å²) in [5, 5.41) is 0. The van der Waals surface area contributed by atoms with Gasteiger partial charge in [0.25, 0.3) is 0 Å². The van der Waals surface area contributed by atoms with Crippen molar-refractivity contribution in [1.29, 1.82) is 0 Å². The normalized spacial score (nSPS) is 17.4. The SMILES string of the molecule is Cl.N[C@H](c1ccc(N2CCCC2)cc1)C(F)(F)F. The first kappa shape index (κ1) is 15.1. The summed E-state index contributed by atoms with van der Waals surface area (Å²) >= 11 is 0. The van der Waals surface area contributed by atoms with Gasteiger partial charge in [0, 0.05) is 18.8 Å². The largest absolute Gasteiger partial charge is 0.407 e. The zero-order valence-electron chi connectivity index (χ0n) is 9.78. The van der Waals surface area contributed by atoms with Gasteiger partial charge in [-0.1, -0.05) is 12.1 Å². The molecule has 2 nitrogen and oxygen atoms in total. The number of nitrogens with zero attached hydrogens (tertiary/aromatic N) is 1. The summed E-state index contributed by atoms with van der Waals surface area (Å²) in [6.07, 6.45) is -2.09. The Kier molecular flexibility index (Phi) is 4.87. The lowest BCUT2D eigenvalue weighted by molar-refractivity contribution is -0.149. The first-order valence-electron chi connectivity index (χ1n) is 5.66. The molecular formula is C12H16ClF3N2. The van der Waals surface area contributed by atoms with Crippen LogP contribution < -0.4 is 10.6 Å². The third-order valence-electron chi connectivity index (χ3n) is 3.08. The summed E-state index contributed by atoms with van der Waals surface area (Å²) in [4.78, 5) is 2.17. The van der Waals surface area contributed by atoms with Gasteiger partial charge in [-0.3, -0.25) is 0 Å². The minimum atomic E-state index is -4.38. The van der Waals surface area contributed by atoms with E-state index < -0.39 is 12.2 Å². The predicted octanol–water partition coefficient (Wildman–Crippen LogP) is 3.27. The second-order valence-electron chi connectivity index (χ2n) is 4.30. The van der Waals surface area contributed by atoms with Gasteiger partial charge in [-0.15, -0.1) is 12.4 Å². The van der Waals surface area contributed by atoms with Gasteiger partial charge in [0.2, 0.25) is 0 Å². The highest BCUT2D eigenvalue weighted by atomic mass is 35.5. The molecule has 1 heterocycles. The summed E-state index contributed by atoms with van der Waals surface area (Å²) in [6.45, 7) is 1.95. The zero-order chi connectivity index (χ0) is 12.5. The molecule has 2 rings (SSSR count). The maximum atomic E-state index is 12.4. The lowest BCUT2D eigenvalue weighted by atomic mass is 10.1. The highest BCUT2D eigenvalue weighted by Gasteiger charge is 2.37. The van der Waals surface area contributed by atoms with Crippen LogP contribution >= 0.6 is 12.4 Å². The topological polar surface area (TPSA) is 29.3 Å². The monoisotopic (exact) mass is 280 g/mol. The van der Waals surface area contributed by atoms with E-state index in [2.05, 4.69) is 4.90 Å². The summed E-state index contributed by atoms with van der Waals surface area (Å²) in [5.74, 6) is 0. The van der Waals surface area contributed by atoms with E-state index in [1.165, 1.54) is 12.1 Å². The minimum Gasteiger partial charge on any atom is -0.372 e. The van der Waals surface area contributed by atoms with Crippen molar-refractivity contribution in [1.82, 2.24) is 0 Å². The van der Waals surface area contributed by atoms with Crippen LogP contribution in [0.5, 0.6) is 0 Å². The van der Waals surface area contributed by atoms with Crippen molar-refractivity contribution >= 4 is 18.1 Å².